The summed E-state index contributed by atoms with van der Waals surface area (Å²) in [7, 11) is 0. The van der Waals surface area contributed by atoms with Gasteiger partial charge in [-0.2, -0.15) is 10.4 Å². The van der Waals surface area contributed by atoms with Gasteiger partial charge in [0.1, 0.15) is 12.6 Å². The normalized spacial score (nSPS) is 10.7. The van der Waals surface area contributed by atoms with Crippen LogP contribution in [-0.2, 0) is 6.54 Å². The first kappa shape index (κ1) is 13.4. The highest BCUT2D eigenvalue weighted by atomic mass is 32.2. The van der Waals surface area contributed by atoms with Crippen molar-refractivity contribution in [2.75, 3.05) is 6.26 Å². The van der Waals surface area contributed by atoms with E-state index in [4.69, 9.17) is 5.26 Å². The number of rotatable bonds is 4. The third-order valence-electron chi connectivity index (χ3n) is 2.30. The van der Waals surface area contributed by atoms with Gasteiger partial charge in [0, 0.05) is 18.0 Å². The molecule has 0 saturated heterocycles. The molecular formula is C11H9F2N5S. The van der Waals surface area contributed by atoms with Crippen LogP contribution in [-0.4, -0.2) is 32.4 Å². The van der Waals surface area contributed by atoms with E-state index < -0.39 is 13.0 Å². The van der Waals surface area contributed by atoms with E-state index in [0.29, 0.717) is 16.4 Å². The molecule has 5 nitrogen and oxygen atoms in total. The summed E-state index contributed by atoms with van der Waals surface area (Å²) in [4.78, 5) is 8.20. The molecule has 0 aliphatic carbocycles. The van der Waals surface area contributed by atoms with Crippen molar-refractivity contribution in [2.45, 2.75) is 18.1 Å². The van der Waals surface area contributed by atoms with Crippen molar-refractivity contribution in [3.8, 4) is 17.3 Å². The zero-order chi connectivity index (χ0) is 13.8. The Balaban J connectivity index is 2.40. The van der Waals surface area contributed by atoms with Crippen LogP contribution in [0, 0.1) is 11.3 Å². The van der Waals surface area contributed by atoms with E-state index >= 15 is 0 Å². The van der Waals surface area contributed by atoms with Crippen LogP contribution in [0.2, 0.25) is 0 Å². The van der Waals surface area contributed by atoms with Gasteiger partial charge in [0.15, 0.2) is 5.16 Å². The summed E-state index contributed by atoms with van der Waals surface area (Å²) in [5, 5.41) is 13.3. The first-order valence-corrected chi connectivity index (χ1v) is 6.48. The van der Waals surface area contributed by atoms with E-state index in [2.05, 4.69) is 15.1 Å². The standard InChI is InChI=1S/C11H9F2N5S/c1-19-11-15-3-7(2-14)10(17-11)8-4-16-18(5-8)6-9(12)13/h3-5,9H,6H2,1H3. The summed E-state index contributed by atoms with van der Waals surface area (Å²) in [6.07, 6.45) is 3.61. The molecule has 2 heterocycles. The number of nitrogens with zero attached hydrogens (tertiary/aromatic N) is 5. The molecule has 98 valence electrons. The first-order valence-electron chi connectivity index (χ1n) is 5.26. The lowest BCUT2D eigenvalue weighted by atomic mass is 10.1. The highest BCUT2D eigenvalue weighted by Gasteiger charge is 2.12. The van der Waals surface area contributed by atoms with Crippen LogP contribution < -0.4 is 0 Å². The lowest BCUT2D eigenvalue weighted by Crippen LogP contribution is -2.06. The van der Waals surface area contributed by atoms with Crippen LogP contribution in [0.3, 0.4) is 0 Å². The SMILES string of the molecule is CSc1ncc(C#N)c(-c2cnn(CC(F)F)c2)n1. The number of aromatic nitrogens is 4. The van der Waals surface area contributed by atoms with Crippen molar-refractivity contribution in [3.63, 3.8) is 0 Å². The van der Waals surface area contributed by atoms with Gasteiger partial charge in [0.2, 0.25) is 0 Å². The van der Waals surface area contributed by atoms with E-state index in [1.165, 1.54) is 30.4 Å². The fourth-order valence-electron chi connectivity index (χ4n) is 1.49. The summed E-state index contributed by atoms with van der Waals surface area (Å²) < 4.78 is 25.6. The number of hydrogen-bond donors (Lipinski definition) is 0. The molecule has 0 saturated carbocycles. The molecule has 8 heteroatoms. The molecule has 2 rings (SSSR count). The second-order valence-corrected chi connectivity index (χ2v) is 4.35. The molecule has 0 unspecified atom stereocenters. The fourth-order valence-corrected chi connectivity index (χ4v) is 1.83. The fraction of sp³-hybridized carbons (Fsp3) is 0.273. The van der Waals surface area contributed by atoms with Crippen molar-refractivity contribution in [2.24, 2.45) is 0 Å². The maximum Gasteiger partial charge on any atom is 0.257 e. The Labute approximate surface area is 112 Å². The predicted molar refractivity (Wildman–Crippen MR) is 65.8 cm³/mol. The van der Waals surface area contributed by atoms with Crippen molar-refractivity contribution >= 4 is 11.8 Å². The molecule has 0 amide bonds. The molecule has 19 heavy (non-hydrogen) atoms. The van der Waals surface area contributed by atoms with Crippen molar-refractivity contribution in [3.05, 3.63) is 24.2 Å². The third-order valence-corrected chi connectivity index (χ3v) is 2.86. The smallest absolute Gasteiger partial charge is 0.257 e. The highest BCUT2D eigenvalue weighted by molar-refractivity contribution is 7.98. The number of hydrogen-bond acceptors (Lipinski definition) is 5. The zero-order valence-electron chi connectivity index (χ0n) is 9.92. The van der Waals surface area contributed by atoms with Gasteiger partial charge in [-0.1, -0.05) is 11.8 Å². The van der Waals surface area contributed by atoms with E-state index in [0.717, 1.165) is 4.68 Å². The Morgan fingerprint density at radius 3 is 2.89 bits per heavy atom. The average Bonchev–Trinajstić information content (AvgIpc) is 2.85. The van der Waals surface area contributed by atoms with Crippen molar-refractivity contribution in [1.82, 2.24) is 19.7 Å². The number of thioether (sulfide) groups is 1. The molecule has 0 fully saturated rings. The maximum atomic E-state index is 12.3. The molecule has 0 N–H and O–H groups in total. The largest absolute Gasteiger partial charge is 0.266 e. The number of alkyl halides is 2. The summed E-state index contributed by atoms with van der Waals surface area (Å²) in [5.74, 6) is 0. The molecule has 2 aromatic heterocycles. The van der Waals surface area contributed by atoms with Crippen LogP contribution in [0.4, 0.5) is 8.78 Å². The Hall–Kier alpha value is -2.01. The molecule has 0 aliphatic heterocycles. The van der Waals surface area contributed by atoms with Crippen LogP contribution in [0.1, 0.15) is 5.56 Å². The minimum absolute atomic E-state index is 0.286. The zero-order valence-corrected chi connectivity index (χ0v) is 10.7. The van der Waals surface area contributed by atoms with E-state index in [1.54, 1.807) is 0 Å². The third kappa shape index (κ3) is 3.06. The van der Waals surface area contributed by atoms with Crippen molar-refractivity contribution in [1.29, 1.82) is 5.26 Å². The summed E-state index contributed by atoms with van der Waals surface area (Å²) in [6.45, 7) is -0.484. The molecule has 2 aromatic rings. The second kappa shape index (κ2) is 5.75. The first-order chi connectivity index (χ1) is 9.13. The molecule has 0 spiro atoms. The average molecular weight is 281 g/mol. The Kier molecular flexibility index (Phi) is 4.06. The number of nitriles is 1. The van der Waals surface area contributed by atoms with Gasteiger partial charge >= 0.3 is 0 Å². The van der Waals surface area contributed by atoms with Crippen LogP contribution in [0.5, 0.6) is 0 Å². The monoisotopic (exact) mass is 281 g/mol. The van der Waals surface area contributed by atoms with Gasteiger partial charge in [0.25, 0.3) is 6.43 Å². The molecule has 0 aromatic carbocycles. The maximum absolute atomic E-state index is 12.3. The molecule has 0 atom stereocenters. The lowest BCUT2D eigenvalue weighted by molar-refractivity contribution is 0.122. The van der Waals surface area contributed by atoms with Crippen molar-refractivity contribution < 1.29 is 8.78 Å². The lowest BCUT2D eigenvalue weighted by Gasteiger charge is -2.02. The molecule has 0 bridgehead atoms. The Morgan fingerprint density at radius 2 is 2.26 bits per heavy atom. The van der Waals surface area contributed by atoms with E-state index in [9.17, 15) is 8.78 Å². The predicted octanol–water partition coefficient (Wildman–Crippen LogP) is 2.20. The van der Waals surface area contributed by atoms with Gasteiger partial charge in [-0.25, -0.2) is 18.7 Å². The topological polar surface area (TPSA) is 67.4 Å². The molecular weight excluding hydrogens is 272 g/mol. The second-order valence-electron chi connectivity index (χ2n) is 3.57. The molecule has 0 aliphatic rings. The summed E-state index contributed by atoms with van der Waals surface area (Å²) in [6, 6.07) is 1.98. The van der Waals surface area contributed by atoms with Gasteiger partial charge in [-0.05, 0) is 6.26 Å². The quantitative estimate of drug-likeness (QED) is 0.635. The van der Waals surface area contributed by atoms with E-state index in [1.807, 2.05) is 12.3 Å². The van der Waals surface area contributed by atoms with Gasteiger partial charge < -0.3 is 0 Å². The minimum atomic E-state index is -2.48. The van der Waals surface area contributed by atoms with Crippen LogP contribution in [0.25, 0.3) is 11.3 Å². The van der Waals surface area contributed by atoms with Gasteiger partial charge in [0.05, 0.1) is 17.5 Å². The van der Waals surface area contributed by atoms with Crippen LogP contribution >= 0.6 is 11.8 Å². The number of halogens is 2. The van der Waals surface area contributed by atoms with Crippen LogP contribution in [0.15, 0.2) is 23.7 Å². The Morgan fingerprint density at radius 1 is 1.47 bits per heavy atom. The van der Waals surface area contributed by atoms with E-state index in [-0.39, 0.29) is 5.56 Å². The van der Waals surface area contributed by atoms with Gasteiger partial charge in [-0.15, -0.1) is 0 Å². The summed E-state index contributed by atoms with van der Waals surface area (Å²) >= 11 is 1.34. The minimum Gasteiger partial charge on any atom is -0.266 e. The summed E-state index contributed by atoms with van der Waals surface area (Å²) in [5.41, 5.74) is 1.21. The highest BCUT2D eigenvalue weighted by Crippen LogP contribution is 2.22. The van der Waals surface area contributed by atoms with Gasteiger partial charge in [-0.3, -0.25) is 4.68 Å². The Bertz CT molecular complexity index is 620. The molecule has 0 radical (unpaired) electrons.